The Morgan fingerprint density at radius 2 is 1.60 bits per heavy atom. The second kappa shape index (κ2) is 16.0. The van der Waals surface area contributed by atoms with Gasteiger partial charge in [-0.1, -0.05) is 86.2 Å². The molecule has 7 nitrogen and oxygen atoms in total. The van der Waals surface area contributed by atoms with Crippen molar-refractivity contribution in [3.8, 4) is 24.0 Å². The summed E-state index contributed by atoms with van der Waals surface area (Å²) in [5.74, 6) is 0.667. The lowest BCUT2D eigenvalue weighted by Gasteiger charge is -2.27. The molecule has 45 heavy (non-hydrogen) atoms. The van der Waals surface area contributed by atoms with Crippen LogP contribution in [0.15, 0.2) is 107 Å². The van der Waals surface area contributed by atoms with Gasteiger partial charge < -0.3 is 19.5 Å². The molecule has 3 aromatic carbocycles. The minimum Gasteiger partial charge on any atom is -0.488 e. The molecule has 3 aromatic rings. The monoisotopic (exact) mass is 598 g/mol. The molecular formula is C38H38N4O3. The first kappa shape index (κ1) is 32.6. The molecule has 0 spiro atoms. The van der Waals surface area contributed by atoms with Gasteiger partial charge in [0.1, 0.15) is 36.1 Å². The Labute approximate surface area is 266 Å². The van der Waals surface area contributed by atoms with Crippen LogP contribution in [0.3, 0.4) is 0 Å². The Morgan fingerprint density at radius 1 is 0.911 bits per heavy atom. The molecule has 1 aliphatic heterocycles. The zero-order chi connectivity index (χ0) is 32.1. The number of nitriles is 3. The predicted molar refractivity (Wildman–Crippen MR) is 175 cm³/mol. The van der Waals surface area contributed by atoms with Gasteiger partial charge in [0.15, 0.2) is 16.9 Å². The van der Waals surface area contributed by atoms with E-state index in [0.29, 0.717) is 17.9 Å². The first-order valence-corrected chi connectivity index (χ1v) is 15.3. The van der Waals surface area contributed by atoms with Gasteiger partial charge in [0.05, 0.1) is 0 Å². The first-order valence-electron chi connectivity index (χ1n) is 15.3. The second-order valence-electron chi connectivity index (χ2n) is 10.9. The largest absolute Gasteiger partial charge is 0.488 e. The van der Waals surface area contributed by atoms with Gasteiger partial charge in [0.2, 0.25) is 0 Å². The summed E-state index contributed by atoms with van der Waals surface area (Å²) < 4.78 is 12.7. The molecule has 0 bridgehead atoms. The smallest absolute Gasteiger partial charge is 0.172 e. The number of ether oxygens (including phenoxy) is 2. The van der Waals surface area contributed by atoms with Crippen LogP contribution in [0.1, 0.15) is 56.2 Å². The molecule has 228 valence electrons. The third-order valence-corrected chi connectivity index (χ3v) is 7.85. The van der Waals surface area contributed by atoms with Gasteiger partial charge in [0.25, 0.3) is 0 Å². The molecule has 0 amide bonds. The highest BCUT2D eigenvalue weighted by molar-refractivity contribution is 5.69. The van der Waals surface area contributed by atoms with Crippen molar-refractivity contribution in [2.75, 3.05) is 24.6 Å². The fourth-order valence-corrected chi connectivity index (χ4v) is 5.32. The lowest BCUT2D eigenvalue weighted by molar-refractivity contribution is 0.0755. The van der Waals surface area contributed by atoms with Crippen LogP contribution in [-0.4, -0.2) is 24.8 Å². The van der Waals surface area contributed by atoms with Crippen molar-refractivity contribution in [3.05, 3.63) is 124 Å². The third-order valence-electron chi connectivity index (χ3n) is 7.85. The summed E-state index contributed by atoms with van der Waals surface area (Å²) in [6.45, 7) is 6.29. The van der Waals surface area contributed by atoms with Crippen molar-refractivity contribution in [1.29, 1.82) is 15.8 Å². The van der Waals surface area contributed by atoms with Crippen molar-refractivity contribution in [1.82, 2.24) is 0 Å². The quantitative estimate of drug-likeness (QED) is 0.149. The van der Waals surface area contributed by atoms with Crippen LogP contribution in [0.25, 0.3) is 6.08 Å². The Morgan fingerprint density at radius 3 is 2.24 bits per heavy atom. The van der Waals surface area contributed by atoms with Crippen LogP contribution in [0.5, 0.6) is 5.75 Å². The van der Waals surface area contributed by atoms with E-state index in [1.165, 1.54) is 0 Å². The number of allylic oxidation sites excluding steroid dienone is 2. The first-order chi connectivity index (χ1) is 22.0. The molecule has 1 atom stereocenters. The number of aliphatic hydroxyl groups is 1. The number of nitrogens with zero attached hydrogens (tertiary/aromatic N) is 4. The number of anilines is 1. The van der Waals surface area contributed by atoms with E-state index in [4.69, 9.17) is 9.47 Å². The molecule has 0 saturated heterocycles. The van der Waals surface area contributed by atoms with Crippen molar-refractivity contribution < 1.29 is 14.6 Å². The van der Waals surface area contributed by atoms with Crippen LogP contribution in [-0.2, 0) is 16.9 Å². The Kier molecular flexibility index (Phi) is 11.6. The van der Waals surface area contributed by atoms with E-state index in [2.05, 4.69) is 24.0 Å². The van der Waals surface area contributed by atoms with Gasteiger partial charge in [-0.2, -0.15) is 15.8 Å². The highest BCUT2D eigenvalue weighted by Crippen LogP contribution is 2.47. The van der Waals surface area contributed by atoms with Gasteiger partial charge >= 0.3 is 0 Å². The van der Waals surface area contributed by atoms with Crippen LogP contribution in [0.2, 0.25) is 0 Å². The summed E-state index contributed by atoms with van der Waals surface area (Å²) in [5.41, 5.74) is 3.00. The molecule has 0 aromatic heterocycles. The fourth-order valence-electron chi connectivity index (χ4n) is 5.32. The Hall–Kier alpha value is -5.29. The summed E-state index contributed by atoms with van der Waals surface area (Å²) in [6.07, 6.45) is 7.47. The van der Waals surface area contributed by atoms with Crippen LogP contribution in [0.4, 0.5) is 5.69 Å². The third kappa shape index (κ3) is 7.81. The molecule has 1 unspecified atom stereocenters. The highest BCUT2D eigenvalue weighted by Gasteiger charge is 2.43. The molecule has 4 rings (SSSR count). The minimum absolute atomic E-state index is 0.0150. The Bertz CT molecular complexity index is 1660. The van der Waals surface area contributed by atoms with Gasteiger partial charge in [-0.3, -0.25) is 0 Å². The lowest BCUT2D eigenvalue weighted by Crippen LogP contribution is -2.26. The predicted octanol–water partition coefficient (Wildman–Crippen LogP) is 7.72. The van der Waals surface area contributed by atoms with Crippen LogP contribution in [0, 0.1) is 34.0 Å². The van der Waals surface area contributed by atoms with E-state index in [1.807, 2.05) is 104 Å². The maximum Gasteiger partial charge on any atom is 0.172 e. The Balaban J connectivity index is 1.80. The summed E-state index contributed by atoms with van der Waals surface area (Å²) >= 11 is 0. The lowest BCUT2D eigenvalue weighted by atomic mass is 9.86. The highest BCUT2D eigenvalue weighted by atomic mass is 16.5. The maximum atomic E-state index is 10.2. The number of hydrogen-bond donors (Lipinski definition) is 1. The number of rotatable bonds is 14. The second-order valence-corrected chi connectivity index (χ2v) is 10.9. The summed E-state index contributed by atoms with van der Waals surface area (Å²) in [6, 6.07) is 31.5. The van der Waals surface area contributed by atoms with Gasteiger partial charge in [-0.15, -0.1) is 0 Å². The minimum atomic E-state index is -1.11. The van der Waals surface area contributed by atoms with Crippen molar-refractivity contribution in [2.45, 2.75) is 51.7 Å². The van der Waals surface area contributed by atoms with Gasteiger partial charge in [-0.25, -0.2) is 0 Å². The molecule has 7 heteroatoms. The standard InChI is InChI=1S/C38H38N4O3/c1-3-4-21-42(22-11-12-23-43)33-19-17-30(36(24-33)44-28-29-13-7-5-8-14-29)18-20-35-34(27-41)37(31(25-39)26-40)45-38(35,2)32-15-9-6-10-16-32/h5-10,13-20,24,43H,3-4,11-12,21-23,28H2,1-2H3/b20-18+. The number of aliphatic hydroxyl groups excluding tert-OH is 1. The van der Waals surface area contributed by atoms with Crippen molar-refractivity contribution >= 4 is 11.8 Å². The van der Waals surface area contributed by atoms with Gasteiger partial charge in [-0.05, 0) is 49.4 Å². The maximum absolute atomic E-state index is 10.2. The van der Waals surface area contributed by atoms with E-state index in [1.54, 1.807) is 0 Å². The molecule has 1 heterocycles. The number of benzene rings is 3. The molecule has 0 saturated carbocycles. The van der Waals surface area contributed by atoms with Crippen molar-refractivity contribution in [3.63, 3.8) is 0 Å². The van der Waals surface area contributed by atoms with E-state index in [9.17, 15) is 20.9 Å². The average Bonchev–Trinajstić information content (AvgIpc) is 3.37. The zero-order valence-electron chi connectivity index (χ0n) is 25.9. The van der Waals surface area contributed by atoms with Crippen LogP contribution >= 0.6 is 0 Å². The fraction of sp³-hybridized carbons (Fsp3) is 0.289. The summed E-state index contributed by atoms with van der Waals surface area (Å²) in [7, 11) is 0. The van der Waals surface area contributed by atoms with Gasteiger partial charge in [0, 0.05) is 42.6 Å². The van der Waals surface area contributed by atoms with E-state index in [-0.39, 0.29) is 23.5 Å². The van der Waals surface area contributed by atoms with E-state index < -0.39 is 5.60 Å². The number of unbranched alkanes of at least 4 members (excludes halogenated alkanes) is 2. The van der Waals surface area contributed by atoms with Crippen molar-refractivity contribution in [2.24, 2.45) is 0 Å². The molecular weight excluding hydrogens is 560 g/mol. The molecule has 1 aliphatic rings. The topological polar surface area (TPSA) is 113 Å². The molecule has 0 aliphatic carbocycles. The van der Waals surface area contributed by atoms with E-state index in [0.717, 1.165) is 61.2 Å². The molecule has 0 radical (unpaired) electrons. The van der Waals surface area contributed by atoms with Crippen LogP contribution < -0.4 is 9.64 Å². The summed E-state index contributed by atoms with van der Waals surface area (Å²) in [4.78, 5) is 2.33. The summed E-state index contributed by atoms with van der Waals surface area (Å²) in [5, 5.41) is 38.8. The molecule has 0 fully saturated rings. The zero-order valence-corrected chi connectivity index (χ0v) is 25.9. The van der Waals surface area contributed by atoms with E-state index >= 15 is 0 Å². The average molecular weight is 599 g/mol. The SMILES string of the molecule is CCCCN(CCCCO)c1ccc(/C=C/C2=C(C#N)C(=C(C#N)C#N)OC2(C)c2ccccc2)c(OCc2ccccc2)c1. The number of hydrogen-bond acceptors (Lipinski definition) is 7. The molecule has 1 N–H and O–H groups in total. The normalized spacial score (nSPS) is 15.7.